The van der Waals surface area contributed by atoms with Gasteiger partial charge >= 0.3 is 6.09 Å². The van der Waals surface area contributed by atoms with E-state index in [2.05, 4.69) is 15.5 Å². The number of aromatic nitrogens is 1. The normalized spacial score (nSPS) is 21.1. The maximum atomic E-state index is 12.7. The first-order chi connectivity index (χ1) is 14.6. The Morgan fingerprint density at radius 3 is 3.00 bits per heavy atom. The van der Waals surface area contributed by atoms with Crippen LogP contribution in [0.2, 0.25) is 0 Å². The smallest absolute Gasteiger partial charge is 0.410 e. The number of benzene rings is 1. The molecular formula is C21H25BN4O4. The number of hydrogen-bond donors (Lipinski definition) is 1. The van der Waals surface area contributed by atoms with Crippen LogP contribution in [0.15, 0.2) is 41.7 Å². The van der Waals surface area contributed by atoms with Crippen LogP contribution in [0.5, 0.6) is 0 Å². The van der Waals surface area contributed by atoms with Gasteiger partial charge in [-0.05, 0) is 31.4 Å². The summed E-state index contributed by atoms with van der Waals surface area (Å²) in [6, 6.07) is 9.22. The summed E-state index contributed by atoms with van der Waals surface area (Å²) in [5.41, 5.74) is 2.63. The van der Waals surface area contributed by atoms with Crippen LogP contribution in [0.25, 0.3) is 10.9 Å². The quantitative estimate of drug-likeness (QED) is 0.759. The van der Waals surface area contributed by atoms with Crippen LogP contribution in [-0.4, -0.2) is 60.6 Å². The number of oxime groups is 1. The van der Waals surface area contributed by atoms with Gasteiger partial charge in [-0.2, -0.15) is 0 Å². The van der Waals surface area contributed by atoms with E-state index in [1.54, 1.807) is 6.20 Å². The number of nitrogens with one attached hydrogen (secondary N) is 1. The number of pyridine rings is 1. The highest BCUT2D eigenvalue weighted by Gasteiger charge is 2.33. The zero-order valence-corrected chi connectivity index (χ0v) is 17.0. The zero-order chi connectivity index (χ0) is 20.9. The molecule has 1 aromatic heterocycles. The van der Waals surface area contributed by atoms with Gasteiger partial charge in [0.1, 0.15) is 18.8 Å². The number of nitrogens with zero attached hydrogens (tertiary/aromatic N) is 3. The summed E-state index contributed by atoms with van der Waals surface area (Å²) in [6.07, 6.45) is 4.18. The highest BCUT2D eigenvalue weighted by atomic mass is 16.6. The Balaban J connectivity index is 1.33. The van der Waals surface area contributed by atoms with E-state index >= 15 is 0 Å². The number of para-hydroxylation sites is 1. The summed E-state index contributed by atoms with van der Waals surface area (Å²) < 4.78 is 5.51. The van der Waals surface area contributed by atoms with Crippen molar-refractivity contribution in [3.8, 4) is 0 Å². The Bertz CT molecular complexity index is 967. The number of hydrogen-bond acceptors (Lipinski definition) is 6. The summed E-state index contributed by atoms with van der Waals surface area (Å²) in [7, 11) is 1.89. The number of ether oxygens (including phenoxy) is 1. The van der Waals surface area contributed by atoms with Crippen molar-refractivity contribution in [1.29, 1.82) is 0 Å². The molecule has 1 fully saturated rings. The Kier molecular flexibility index (Phi) is 6.16. The van der Waals surface area contributed by atoms with E-state index in [1.807, 2.05) is 38.2 Å². The first kappa shape index (κ1) is 20.2. The second-order valence-corrected chi connectivity index (χ2v) is 7.80. The van der Waals surface area contributed by atoms with Gasteiger partial charge in [-0.25, -0.2) is 4.79 Å². The molecule has 2 aliphatic heterocycles. The summed E-state index contributed by atoms with van der Waals surface area (Å²) in [5.74, 6) is -0.174. The summed E-state index contributed by atoms with van der Waals surface area (Å²) in [4.78, 5) is 36.6. The first-order valence-corrected chi connectivity index (χ1v) is 10.3. The molecule has 9 heteroatoms. The Labute approximate surface area is 176 Å². The molecule has 0 spiro atoms. The molecule has 3 heterocycles. The van der Waals surface area contributed by atoms with Gasteiger partial charge < -0.3 is 14.9 Å². The highest BCUT2D eigenvalue weighted by molar-refractivity contribution is 6.59. The monoisotopic (exact) mass is 408 g/mol. The fourth-order valence-corrected chi connectivity index (χ4v) is 3.86. The molecule has 8 nitrogen and oxygen atoms in total. The number of likely N-dealkylation sites (tertiary alicyclic amines) is 1. The summed E-state index contributed by atoms with van der Waals surface area (Å²) in [5, 5.41) is 7.79. The molecule has 1 N–H and O–H groups in total. The molecule has 0 bridgehead atoms. The van der Waals surface area contributed by atoms with E-state index in [0.717, 1.165) is 34.9 Å². The third kappa shape index (κ3) is 4.72. The first-order valence-electron chi connectivity index (χ1n) is 10.3. The van der Waals surface area contributed by atoms with E-state index in [-0.39, 0.29) is 18.6 Å². The van der Waals surface area contributed by atoms with Crippen LogP contribution in [0.1, 0.15) is 31.2 Å². The third-order valence-electron chi connectivity index (χ3n) is 5.43. The van der Waals surface area contributed by atoms with Gasteiger partial charge in [0.05, 0.1) is 12.1 Å². The van der Waals surface area contributed by atoms with E-state index in [9.17, 15) is 9.59 Å². The largest absolute Gasteiger partial charge is 0.444 e. The van der Waals surface area contributed by atoms with Crippen molar-refractivity contribution in [3.05, 3.63) is 42.1 Å². The molecule has 1 aromatic carbocycles. The molecule has 2 aromatic rings. The molecule has 0 aliphatic carbocycles. The van der Waals surface area contributed by atoms with Gasteiger partial charge in [0.25, 0.3) is 0 Å². The molecule has 2 amide bonds. The Morgan fingerprint density at radius 2 is 2.17 bits per heavy atom. The minimum absolute atomic E-state index is 0.119. The minimum Gasteiger partial charge on any atom is -0.444 e. The second kappa shape index (κ2) is 9.15. The third-order valence-corrected chi connectivity index (χ3v) is 5.43. The zero-order valence-electron chi connectivity index (χ0n) is 17.0. The fraction of sp³-hybridized carbons (Fsp3) is 0.429. The molecule has 2 aliphatic rings. The van der Waals surface area contributed by atoms with Crippen LogP contribution in [0.3, 0.4) is 0 Å². The van der Waals surface area contributed by atoms with E-state index in [1.165, 1.54) is 4.90 Å². The van der Waals surface area contributed by atoms with Crippen molar-refractivity contribution in [1.82, 2.24) is 15.2 Å². The lowest BCUT2D eigenvalue weighted by Crippen LogP contribution is -2.53. The highest BCUT2D eigenvalue weighted by Crippen LogP contribution is 2.20. The van der Waals surface area contributed by atoms with Gasteiger partial charge in [0, 0.05) is 35.7 Å². The second-order valence-electron chi connectivity index (χ2n) is 7.80. The molecule has 4 rings (SSSR count). The number of carbonyl (C=O) groups is 2. The molecule has 2 atom stereocenters. The van der Waals surface area contributed by atoms with Crippen LogP contribution in [0, 0.1) is 0 Å². The predicted molar refractivity (Wildman–Crippen MR) is 115 cm³/mol. The fourth-order valence-electron chi connectivity index (χ4n) is 3.86. The minimum atomic E-state index is -0.524. The summed E-state index contributed by atoms with van der Waals surface area (Å²) in [6.45, 7) is 1.00. The van der Waals surface area contributed by atoms with Gasteiger partial charge in [-0.3, -0.25) is 14.7 Å². The lowest BCUT2D eigenvalue weighted by molar-refractivity contribution is -0.127. The molecule has 0 unspecified atom stereocenters. The van der Waals surface area contributed by atoms with E-state index in [0.29, 0.717) is 25.9 Å². The van der Waals surface area contributed by atoms with Crippen LogP contribution < -0.4 is 5.32 Å². The Morgan fingerprint density at radius 1 is 1.30 bits per heavy atom. The number of amides is 2. The average Bonchev–Trinajstić information content (AvgIpc) is 3.20. The van der Waals surface area contributed by atoms with Crippen molar-refractivity contribution < 1.29 is 19.2 Å². The predicted octanol–water partition coefficient (Wildman–Crippen LogP) is 1.58. The van der Waals surface area contributed by atoms with Crippen LogP contribution >= 0.6 is 0 Å². The van der Waals surface area contributed by atoms with Gasteiger partial charge in [0.2, 0.25) is 5.91 Å². The summed E-state index contributed by atoms with van der Waals surface area (Å²) >= 11 is 0. The molecule has 0 saturated carbocycles. The van der Waals surface area contributed by atoms with Crippen LogP contribution in [0.4, 0.5) is 4.79 Å². The lowest BCUT2D eigenvalue weighted by atomic mass is 9.96. The Hall–Kier alpha value is -3.10. The number of rotatable bonds is 5. The van der Waals surface area contributed by atoms with Crippen molar-refractivity contribution in [2.45, 2.75) is 44.4 Å². The molecule has 0 radical (unpaired) electrons. The van der Waals surface area contributed by atoms with E-state index in [4.69, 9.17) is 9.57 Å². The number of fused-ring (bicyclic) bond motifs is 1. The van der Waals surface area contributed by atoms with Crippen molar-refractivity contribution in [2.24, 2.45) is 5.16 Å². The van der Waals surface area contributed by atoms with Crippen molar-refractivity contribution >= 4 is 36.4 Å². The SMILES string of the molecule is BC1=NO[C@H](CNC(=O)[C@@H]2CCCCN2C(=O)OCc2cnc3ccccc3c2)C1. The molecule has 30 heavy (non-hydrogen) atoms. The van der Waals surface area contributed by atoms with Gasteiger partial charge in [-0.15, -0.1) is 5.16 Å². The standard InChI is InChI=1S/C21H25BN4O4/c22-19-10-16(30-25-19)12-24-20(27)18-7-3-4-8-26(18)21(28)29-13-14-9-15-5-1-2-6-17(15)23-11-14/h1-2,5-6,9,11,16,18H,3-4,7-8,10,12-13,22H2,(H,24,27)/t16-,18-/m0/s1. The van der Waals surface area contributed by atoms with Gasteiger partial charge in [-0.1, -0.05) is 18.2 Å². The number of piperidine rings is 1. The lowest BCUT2D eigenvalue weighted by Gasteiger charge is -2.34. The number of carbonyl (C=O) groups excluding carboxylic acids is 2. The van der Waals surface area contributed by atoms with Gasteiger partial charge in [0.15, 0.2) is 7.85 Å². The maximum absolute atomic E-state index is 12.7. The maximum Gasteiger partial charge on any atom is 0.410 e. The molecule has 156 valence electrons. The van der Waals surface area contributed by atoms with E-state index < -0.39 is 12.1 Å². The molecule has 1 saturated heterocycles. The average molecular weight is 408 g/mol. The molecular weight excluding hydrogens is 383 g/mol. The van der Waals surface area contributed by atoms with Crippen molar-refractivity contribution in [3.63, 3.8) is 0 Å². The van der Waals surface area contributed by atoms with Crippen LogP contribution in [-0.2, 0) is 21.0 Å². The topological polar surface area (TPSA) is 93.1 Å². The van der Waals surface area contributed by atoms with Crippen molar-refractivity contribution in [2.75, 3.05) is 13.1 Å².